The molecule has 0 saturated carbocycles. The molecule has 17 heavy (non-hydrogen) atoms. The van der Waals surface area contributed by atoms with Gasteiger partial charge in [0.2, 0.25) is 0 Å². The molecule has 0 bridgehead atoms. The van der Waals surface area contributed by atoms with Crippen molar-refractivity contribution in [3.05, 3.63) is 0 Å². The van der Waals surface area contributed by atoms with Gasteiger partial charge in [0.1, 0.15) is 24.4 Å². The normalized spacial score (nSPS) is 38.3. The molecule has 0 aromatic heterocycles. The lowest BCUT2D eigenvalue weighted by atomic mass is 9.99. The summed E-state index contributed by atoms with van der Waals surface area (Å²) >= 11 is 0. The molecule has 1 heterocycles. The first kappa shape index (κ1) is 14.8. The minimum absolute atomic E-state index is 0.413. The summed E-state index contributed by atoms with van der Waals surface area (Å²) in [6, 6.07) is 0. The van der Waals surface area contributed by atoms with E-state index < -0.39 is 37.3 Å². The zero-order valence-electron chi connectivity index (χ0n) is 10.0. The van der Waals surface area contributed by atoms with E-state index in [9.17, 15) is 15.3 Å². The number of hydrogen-bond acceptors (Lipinski definition) is 6. The lowest BCUT2D eigenvalue weighted by molar-refractivity contribution is -0.301. The minimum Gasteiger partial charge on any atom is -0.394 e. The first-order valence-electron chi connectivity index (χ1n) is 6.04. The van der Waals surface area contributed by atoms with E-state index in [2.05, 4.69) is 6.92 Å². The molecule has 0 spiro atoms. The van der Waals surface area contributed by atoms with E-state index >= 15 is 0 Å². The summed E-state index contributed by atoms with van der Waals surface area (Å²) in [6.45, 7) is 2.05. The molecule has 1 aliphatic rings. The highest BCUT2D eigenvalue weighted by atomic mass is 16.7. The van der Waals surface area contributed by atoms with Crippen LogP contribution in [0.2, 0.25) is 0 Å². The number of aliphatic hydroxyl groups is 4. The Balaban J connectivity index is 2.42. The van der Waals surface area contributed by atoms with Crippen LogP contribution in [-0.2, 0) is 9.47 Å². The third-order valence-electron chi connectivity index (χ3n) is 2.88. The van der Waals surface area contributed by atoms with E-state index in [0.717, 1.165) is 19.3 Å². The highest BCUT2D eigenvalue weighted by Gasteiger charge is 2.43. The van der Waals surface area contributed by atoms with Gasteiger partial charge in [-0.05, 0) is 6.42 Å². The second kappa shape index (κ2) is 7.25. The van der Waals surface area contributed by atoms with Gasteiger partial charge in [-0.25, -0.2) is 0 Å². The van der Waals surface area contributed by atoms with Gasteiger partial charge in [-0.2, -0.15) is 0 Å². The summed E-state index contributed by atoms with van der Waals surface area (Å²) in [6.07, 6.45) is -2.98. The van der Waals surface area contributed by atoms with E-state index in [1.165, 1.54) is 0 Å². The van der Waals surface area contributed by atoms with Crippen molar-refractivity contribution in [1.82, 2.24) is 0 Å². The lowest BCUT2D eigenvalue weighted by Crippen LogP contribution is -2.59. The van der Waals surface area contributed by atoms with Gasteiger partial charge in [-0.15, -0.1) is 0 Å². The van der Waals surface area contributed by atoms with Gasteiger partial charge in [-0.3, -0.25) is 0 Å². The molecular weight excluding hydrogens is 228 g/mol. The Bertz CT molecular complexity index is 210. The molecule has 0 aliphatic carbocycles. The Labute approximate surface area is 101 Å². The SMILES string of the molecule is CCCCCO[C@H]1O[C@H](CO)[C@@H](O)[C@@H](O)[C@@H]1O. The van der Waals surface area contributed by atoms with Crippen LogP contribution >= 0.6 is 0 Å². The number of unbranched alkanes of at least 4 members (excludes halogenated alkanes) is 2. The summed E-state index contributed by atoms with van der Waals surface area (Å²) in [7, 11) is 0. The van der Waals surface area contributed by atoms with Crippen LogP contribution in [-0.4, -0.2) is 64.3 Å². The smallest absolute Gasteiger partial charge is 0.186 e. The molecule has 0 aromatic rings. The van der Waals surface area contributed by atoms with E-state index in [-0.39, 0.29) is 0 Å². The van der Waals surface area contributed by atoms with Gasteiger partial charge >= 0.3 is 0 Å². The van der Waals surface area contributed by atoms with Gasteiger partial charge in [0, 0.05) is 6.61 Å². The van der Waals surface area contributed by atoms with Gasteiger partial charge in [0.15, 0.2) is 6.29 Å². The molecule has 6 nitrogen and oxygen atoms in total. The van der Waals surface area contributed by atoms with Crippen molar-refractivity contribution in [2.45, 2.75) is 56.9 Å². The molecule has 1 saturated heterocycles. The maximum Gasteiger partial charge on any atom is 0.186 e. The first-order chi connectivity index (χ1) is 8.11. The van der Waals surface area contributed by atoms with E-state index in [1.54, 1.807) is 0 Å². The molecule has 6 heteroatoms. The standard InChI is InChI=1S/C11H22O6/c1-2-3-4-5-16-11-10(15)9(14)8(13)7(6-12)17-11/h7-15H,2-6H2,1H3/t7-,8-,9-,10+,11+/m1/s1. The second-order valence-corrected chi connectivity index (χ2v) is 4.28. The van der Waals surface area contributed by atoms with Crippen LogP contribution < -0.4 is 0 Å². The van der Waals surface area contributed by atoms with Crippen molar-refractivity contribution in [2.24, 2.45) is 0 Å². The average Bonchev–Trinajstić information content (AvgIpc) is 2.34. The maximum absolute atomic E-state index is 9.64. The van der Waals surface area contributed by atoms with Crippen LogP contribution in [0.15, 0.2) is 0 Å². The number of aliphatic hydroxyl groups excluding tert-OH is 4. The van der Waals surface area contributed by atoms with Gasteiger partial charge in [-0.1, -0.05) is 19.8 Å². The van der Waals surface area contributed by atoms with Gasteiger partial charge in [0.05, 0.1) is 6.61 Å². The number of hydrogen-bond donors (Lipinski definition) is 4. The Morgan fingerprint density at radius 3 is 2.35 bits per heavy atom. The van der Waals surface area contributed by atoms with Crippen molar-refractivity contribution < 1.29 is 29.9 Å². The third kappa shape index (κ3) is 3.87. The average molecular weight is 250 g/mol. The van der Waals surface area contributed by atoms with Gasteiger partial charge in [0.25, 0.3) is 0 Å². The predicted molar refractivity (Wildman–Crippen MR) is 59.2 cm³/mol. The summed E-state index contributed by atoms with van der Waals surface area (Å²) in [5.41, 5.74) is 0. The number of rotatable bonds is 6. The third-order valence-corrected chi connectivity index (χ3v) is 2.88. The molecule has 1 fully saturated rings. The fourth-order valence-electron chi connectivity index (χ4n) is 1.76. The Morgan fingerprint density at radius 2 is 1.76 bits per heavy atom. The molecule has 1 rings (SSSR count). The molecular formula is C11H22O6. The van der Waals surface area contributed by atoms with E-state index in [4.69, 9.17) is 14.6 Å². The van der Waals surface area contributed by atoms with Crippen LogP contribution in [0.4, 0.5) is 0 Å². The minimum atomic E-state index is -1.36. The van der Waals surface area contributed by atoms with Crippen LogP contribution in [0.5, 0.6) is 0 Å². The number of ether oxygens (including phenoxy) is 2. The monoisotopic (exact) mass is 250 g/mol. The Morgan fingerprint density at radius 1 is 1.06 bits per heavy atom. The second-order valence-electron chi connectivity index (χ2n) is 4.28. The van der Waals surface area contributed by atoms with Crippen LogP contribution in [0.1, 0.15) is 26.2 Å². The Hall–Kier alpha value is -0.240. The Kier molecular flexibility index (Phi) is 6.32. The van der Waals surface area contributed by atoms with Crippen LogP contribution in [0.3, 0.4) is 0 Å². The summed E-state index contributed by atoms with van der Waals surface area (Å²) in [5, 5.41) is 37.6. The first-order valence-corrected chi connectivity index (χ1v) is 6.04. The van der Waals surface area contributed by atoms with E-state index in [1.807, 2.05) is 0 Å². The van der Waals surface area contributed by atoms with E-state index in [0.29, 0.717) is 6.61 Å². The molecule has 0 unspecified atom stereocenters. The molecule has 0 amide bonds. The highest BCUT2D eigenvalue weighted by Crippen LogP contribution is 2.22. The summed E-state index contributed by atoms with van der Waals surface area (Å²) in [5.74, 6) is 0. The van der Waals surface area contributed by atoms with Crippen molar-refractivity contribution >= 4 is 0 Å². The zero-order chi connectivity index (χ0) is 12.8. The molecule has 0 aromatic carbocycles. The van der Waals surface area contributed by atoms with Crippen molar-refractivity contribution in [3.8, 4) is 0 Å². The molecule has 1 aliphatic heterocycles. The summed E-state index contributed by atoms with van der Waals surface area (Å²) < 4.78 is 10.5. The van der Waals surface area contributed by atoms with Crippen LogP contribution in [0, 0.1) is 0 Å². The van der Waals surface area contributed by atoms with Crippen molar-refractivity contribution in [2.75, 3.05) is 13.2 Å². The topological polar surface area (TPSA) is 99.4 Å². The van der Waals surface area contributed by atoms with Crippen molar-refractivity contribution in [1.29, 1.82) is 0 Å². The molecule has 0 radical (unpaired) electrons. The molecule has 5 atom stereocenters. The quantitative estimate of drug-likeness (QED) is 0.451. The molecule has 102 valence electrons. The highest BCUT2D eigenvalue weighted by molar-refractivity contribution is 4.88. The zero-order valence-corrected chi connectivity index (χ0v) is 10.0. The van der Waals surface area contributed by atoms with Crippen molar-refractivity contribution in [3.63, 3.8) is 0 Å². The largest absolute Gasteiger partial charge is 0.394 e. The lowest BCUT2D eigenvalue weighted by Gasteiger charge is -2.39. The van der Waals surface area contributed by atoms with Gasteiger partial charge < -0.3 is 29.9 Å². The fraction of sp³-hybridized carbons (Fsp3) is 1.00. The fourth-order valence-corrected chi connectivity index (χ4v) is 1.76. The van der Waals surface area contributed by atoms with Crippen LogP contribution in [0.25, 0.3) is 0 Å². The predicted octanol–water partition coefficient (Wildman–Crippen LogP) is -1.01. The maximum atomic E-state index is 9.64. The molecule has 4 N–H and O–H groups in total. The summed E-state index contributed by atoms with van der Waals surface area (Å²) in [4.78, 5) is 0.